The van der Waals surface area contributed by atoms with E-state index >= 15 is 0 Å². The Balaban J connectivity index is 1.49. The summed E-state index contributed by atoms with van der Waals surface area (Å²) in [6.07, 6.45) is 2.83. The van der Waals surface area contributed by atoms with Crippen LogP contribution in [0.4, 0.5) is 4.79 Å². The van der Waals surface area contributed by atoms with E-state index < -0.39 is 0 Å². The Labute approximate surface area is 118 Å². The topological polar surface area (TPSA) is 45.1 Å². The quantitative estimate of drug-likeness (QED) is 0.738. The van der Waals surface area contributed by atoms with Crippen LogP contribution in [0.25, 0.3) is 0 Å². The summed E-state index contributed by atoms with van der Waals surface area (Å²) in [4.78, 5) is 20.1. The van der Waals surface area contributed by atoms with Crippen molar-refractivity contribution in [3.8, 4) is 0 Å². The van der Waals surface area contributed by atoms with Crippen LogP contribution in [0.3, 0.4) is 0 Å². The highest BCUT2D eigenvalue weighted by atomic mass is 16.8. The van der Waals surface area contributed by atoms with Gasteiger partial charge in [-0.2, -0.15) is 5.06 Å². The third-order valence-corrected chi connectivity index (χ3v) is 4.56. The zero-order valence-electron chi connectivity index (χ0n) is 11.3. The van der Waals surface area contributed by atoms with E-state index in [4.69, 9.17) is 9.57 Å². The first kappa shape index (κ1) is 12.2. The van der Waals surface area contributed by atoms with Gasteiger partial charge in [-0.3, -0.25) is 0 Å². The summed E-state index contributed by atoms with van der Waals surface area (Å²) < 4.78 is 5.52. The SMILES string of the molecule is O=C(N1OC1c1ccccc1)N1CCCC12CCOC2. The molecule has 3 aliphatic heterocycles. The first-order valence-electron chi connectivity index (χ1n) is 7.21. The van der Waals surface area contributed by atoms with Crippen molar-refractivity contribution in [1.29, 1.82) is 0 Å². The van der Waals surface area contributed by atoms with E-state index in [1.54, 1.807) is 0 Å². The van der Waals surface area contributed by atoms with Crippen LogP contribution in [0.1, 0.15) is 31.1 Å². The van der Waals surface area contributed by atoms with Crippen LogP contribution in [0.15, 0.2) is 30.3 Å². The van der Waals surface area contributed by atoms with E-state index in [1.165, 1.54) is 5.06 Å². The number of amides is 2. The fourth-order valence-electron chi connectivity index (χ4n) is 3.40. The van der Waals surface area contributed by atoms with Crippen LogP contribution >= 0.6 is 0 Å². The minimum Gasteiger partial charge on any atom is -0.379 e. The molecule has 20 heavy (non-hydrogen) atoms. The minimum absolute atomic E-state index is 0.0122. The fraction of sp³-hybridized carbons (Fsp3) is 0.533. The molecular formula is C15H18N2O3. The molecule has 0 saturated carbocycles. The average Bonchev–Trinajstić information content (AvgIpc) is 2.98. The molecule has 3 saturated heterocycles. The number of hydroxylamine groups is 2. The van der Waals surface area contributed by atoms with E-state index in [9.17, 15) is 4.79 Å². The van der Waals surface area contributed by atoms with Crippen molar-refractivity contribution in [2.45, 2.75) is 31.0 Å². The van der Waals surface area contributed by atoms with Gasteiger partial charge < -0.3 is 9.64 Å². The number of nitrogens with zero attached hydrogens (tertiary/aromatic N) is 2. The predicted octanol–water partition coefficient (Wildman–Crippen LogP) is 2.31. The summed E-state index contributed by atoms with van der Waals surface area (Å²) in [5.41, 5.74) is 0.946. The Bertz CT molecular complexity index is 508. The number of benzene rings is 1. The second kappa shape index (κ2) is 4.46. The third-order valence-electron chi connectivity index (χ3n) is 4.56. The van der Waals surface area contributed by atoms with Gasteiger partial charge in [0.2, 0.25) is 6.23 Å². The van der Waals surface area contributed by atoms with E-state index in [2.05, 4.69) is 0 Å². The second-order valence-electron chi connectivity index (χ2n) is 5.76. The maximum Gasteiger partial charge on any atom is 0.347 e. The highest BCUT2D eigenvalue weighted by Crippen LogP contribution is 2.43. The molecule has 3 heterocycles. The van der Waals surface area contributed by atoms with Crippen molar-refractivity contribution in [3.63, 3.8) is 0 Å². The van der Waals surface area contributed by atoms with Gasteiger partial charge in [0.1, 0.15) is 0 Å². The first-order chi connectivity index (χ1) is 9.80. The van der Waals surface area contributed by atoms with Crippen molar-refractivity contribution in [1.82, 2.24) is 9.96 Å². The Kier molecular flexibility index (Phi) is 2.72. The highest BCUT2D eigenvalue weighted by Gasteiger charge is 2.53. The number of carbonyl (C=O) groups is 1. The van der Waals surface area contributed by atoms with Gasteiger partial charge in [-0.1, -0.05) is 30.3 Å². The summed E-state index contributed by atoms with van der Waals surface area (Å²) in [5, 5.41) is 1.49. The largest absolute Gasteiger partial charge is 0.379 e. The zero-order valence-corrected chi connectivity index (χ0v) is 11.3. The summed E-state index contributed by atoms with van der Waals surface area (Å²) >= 11 is 0. The zero-order chi connectivity index (χ0) is 13.6. The van der Waals surface area contributed by atoms with Crippen molar-refractivity contribution >= 4 is 6.03 Å². The molecule has 2 amide bonds. The molecule has 2 atom stereocenters. The van der Waals surface area contributed by atoms with E-state index in [1.807, 2.05) is 35.2 Å². The standard InChI is InChI=1S/C15H18N2O3/c18-14(16-9-4-7-15(16)8-10-19-11-15)17-13(20-17)12-5-2-1-3-6-12/h1-3,5-6,13H,4,7-11H2. The molecular weight excluding hydrogens is 256 g/mol. The molecule has 1 spiro atoms. The number of hydrogen-bond donors (Lipinski definition) is 0. The Morgan fingerprint density at radius 1 is 1.25 bits per heavy atom. The Hall–Kier alpha value is -1.59. The summed E-state index contributed by atoms with van der Waals surface area (Å²) in [5.74, 6) is 0. The second-order valence-corrected chi connectivity index (χ2v) is 5.76. The number of hydrogen-bond acceptors (Lipinski definition) is 3. The molecule has 0 N–H and O–H groups in total. The molecule has 0 bridgehead atoms. The van der Waals surface area contributed by atoms with Crippen LogP contribution in [-0.4, -0.2) is 41.3 Å². The number of likely N-dealkylation sites (tertiary alicyclic amines) is 1. The fourth-order valence-corrected chi connectivity index (χ4v) is 3.40. The number of ether oxygens (including phenoxy) is 1. The predicted molar refractivity (Wildman–Crippen MR) is 71.6 cm³/mol. The molecule has 0 aromatic heterocycles. The monoisotopic (exact) mass is 274 g/mol. The van der Waals surface area contributed by atoms with Gasteiger partial charge in [0.25, 0.3) is 0 Å². The Morgan fingerprint density at radius 3 is 2.85 bits per heavy atom. The lowest BCUT2D eigenvalue weighted by atomic mass is 9.96. The van der Waals surface area contributed by atoms with Crippen molar-refractivity contribution in [3.05, 3.63) is 35.9 Å². The van der Waals surface area contributed by atoms with Crippen molar-refractivity contribution in [2.24, 2.45) is 0 Å². The minimum atomic E-state index is -0.219. The number of urea groups is 1. The lowest BCUT2D eigenvalue weighted by molar-refractivity contribution is 0.0874. The molecule has 4 rings (SSSR count). The smallest absolute Gasteiger partial charge is 0.347 e. The number of carbonyl (C=O) groups excluding carboxylic acids is 1. The van der Waals surface area contributed by atoms with Crippen molar-refractivity contribution < 1.29 is 14.4 Å². The van der Waals surface area contributed by atoms with Gasteiger partial charge in [0.15, 0.2) is 0 Å². The van der Waals surface area contributed by atoms with Crippen LogP contribution < -0.4 is 0 Å². The lowest BCUT2D eigenvalue weighted by Gasteiger charge is -2.33. The van der Waals surface area contributed by atoms with E-state index in [0.29, 0.717) is 6.61 Å². The van der Waals surface area contributed by atoms with Gasteiger partial charge in [-0.05, 0) is 19.3 Å². The van der Waals surface area contributed by atoms with Gasteiger partial charge in [-0.25, -0.2) is 9.63 Å². The molecule has 106 valence electrons. The molecule has 1 aromatic rings. The molecule has 3 aliphatic rings. The number of rotatable bonds is 1. The highest BCUT2D eigenvalue weighted by molar-refractivity contribution is 5.76. The summed E-state index contributed by atoms with van der Waals surface area (Å²) in [6.45, 7) is 2.24. The average molecular weight is 274 g/mol. The van der Waals surface area contributed by atoms with Crippen LogP contribution in [0.5, 0.6) is 0 Å². The molecule has 5 heteroatoms. The van der Waals surface area contributed by atoms with Gasteiger partial charge in [0, 0.05) is 18.7 Å². The van der Waals surface area contributed by atoms with Crippen LogP contribution in [0.2, 0.25) is 0 Å². The van der Waals surface area contributed by atoms with Gasteiger partial charge in [-0.15, -0.1) is 0 Å². The molecule has 0 radical (unpaired) electrons. The molecule has 0 aliphatic carbocycles. The van der Waals surface area contributed by atoms with Crippen molar-refractivity contribution in [2.75, 3.05) is 19.8 Å². The molecule has 5 nitrogen and oxygen atoms in total. The molecule has 3 fully saturated rings. The Morgan fingerprint density at radius 2 is 2.10 bits per heavy atom. The first-order valence-corrected chi connectivity index (χ1v) is 7.21. The molecule has 2 unspecified atom stereocenters. The van der Waals surface area contributed by atoms with E-state index in [-0.39, 0.29) is 17.8 Å². The van der Waals surface area contributed by atoms with Gasteiger partial charge in [0.05, 0.1) is 12.1 Å². The summed E-state index contributed by atoms with van der Waals surface area (Å²) in [6, 6.07) is 9.83. The van der Waals surface area contributed by atoms with Gasteiger partial charge >= 0.3 is 6.03 Å². The molecule has 1 aromatic carbocycles. The normalized spacial score (nSPS) is 32.1. The lowest BCUT2D eigenvalue weighted by Crippen LogP contribution is -2.49. The summed E-state index contributed by atoms with van der Waals surface area (Å²) in [7, 11) is 0. The maximum atomic E-state index is 12.6. The third kappa shape index (κ3) is 1.81. The van der Waals surface area contributed by atoms with E-state index in [0.717, 1.165) is 38.0 Å². The maximum absolute atomic E-state index is 12.6. The van der Waals surface area contributed by atoms with Crippen LogP contribution in [0, 0.1) is 0 Å². The van der Waals surface area contributed by atoms with Crippen LogP contribution in [-0.2, 0) is 9.57 Å².